The van der Waals surface area contributed by atoms with Crippen molar-refractivity contribution in [3.8, 4) is 0 Å². The Morgan fingerprint density at radius 2 is 2.06 bits per heavy atom. The number of aliphatic hydroxyl groups is 1. The van der Waals surface area contributed by atoms with Crippen LogP contribution >= 0.6 is 11.6 Å². The number of likely N-dealkylation sites (tertiary alicyclic amines) is 1. The highest BCUT2D eigenvalue weighted by molar-refractivity contribution is 6.30. The fourth-order valence-electron chi connectivity index (χ4n) is 6.07. The zero-order chi connectivity index (χ0) is 25.5. The van der Waals surface area contributed by atoms with Crippen LogP contribution in [0, 0.1) is 17.8 Å². The van der Waals surface area contributed by atoms with Crippen molar-refractivity contribution < 1.29 is 29.0 Å². The number of rotatable bonds is 9. The van der Waals surface area contributed by atoms with Gasteiger partial charge < -0.3 is 24.4 Å². The number of anilines is 1. The van der Waals surface area contributed by atoms with Crippen LogP contribution in [0.25, 0.3) is 0 Å². The Morgan fingerprint density at radius 1 is 1.37 bits per heavy atom. The summed E-state index contributed by atoms with van der Waals surface area (Å²) in [7, 11) is 0. The van der Waals surface area contributed by atoms with Gasteiger partial charge in [-0.05, 0) is 49.9 Å². The molecule has 1 aromatic carbocycles. The molecule has 4 rings (SSSR count). The maximum Gasteiger partial charge on any atom is 0.312 e. The first-order chi connectivity index (χ1) is 16.7. The van der Waals surface area contributed by atoms with Crippen molar-refractivity contribution in [1.82, 2.24) is 4.90 Å². The van der Waals surface area contributed by atoms with Crippen LogP contribution < -0.4 is 4.90 Å². The average Bonchev–Trinajstić information content (AvgIpc) is 3.46. The Balaban J connectivity index is 1.82. The third-order valence-electron chi connectivity index (χ3n) is 7.56. The molecule has 2 amide bonds. The van der Waals surface area contributed by atoms with Crippen molar-refractivity contribution in [3.05, 3.63) is 41.9 Å². The molecule has 1 spiro atoms. The molecule has 1 aromatic rings. The number of hydrogen-bond donors (Lipinski definition) is 1. The number of benzene rings is 1. The van der Waals surface area contributed by atoms with E-state index in [-0.39, 0.29) is 37.5 Å². The lowest BCUT2D eigenvalue weighted by Gasteiger charge is -2.40. The molecule has 190 valence electrons. The zero-order valence-corrected chi connectivity index (χ0v) is 21.1. The van der Waals surface area contributed by atoms with E-state index in [1.165, 1.54) is 4.90 Å². The summed E-state index contributed by atoms with van der Waals surface area (Å²) in [6.45, 7) is 9.39. The van der Waals surface area contributed by atoms with Crippen LogP contribution in [0.5, 0.6) is 0 Å². The molecule has 6 atom stereocenters. The molecule has 3 aliphatic heterocycles. The summed E-state index contributed by atoms with van der Waals surface area (Å²) in [4.78, 5) is 44.3. The quantitative estimate of drug-likeness (QED) is 0.410. The molecule has 0 aromatic heterocycles. The first-order valence-corrected chi connectivity index (χ1v) is 12.5. The molecule has 8 nitrogen and oxygen atoms in total. The van der Waals surface area contributed by atoms with E-state index < -0.39 is 41.6 Å². The lowest BCUT2D eigenvalue weighted by atomic mass is 9.70. The van der Waals surface area contributed by atoms with Gasteiger partial charge in [-0.15, -0.1) is 6.58 Å². The lowest BCUT2D eigenvalue weighted by Crippen LogP contribution is -2.59. The van der Waals surface area contributed by atoms with E-state index in [4.69, 9.17) is 21.1 Å². The maximum absolute atomic E-state index is 14.3. The first-order valence-electron chi connectivity index (χ1n) is 12.2. The highest BCUT2D eigenvalue weighted by Gasteiger charge is 2.75. The van der Waals surface area contributed by atoms with Crippen molar-refractivity contribution in [2.45, 2.75) is 57.4 Å². The second kappa shape index (κ2) is 9.91. The van der Waals surface area contributed by atoms with Crippen molar-refractivity contribution in [3.63, 3.8) is 0 Å². The van der Waals surface area contributed by atoms with Gasteiger partial charge in [-0.2, -0.15) is 0 Å². The fraction of sp³-hybridized carbons (Fsp3) is 0.577. The molecule has 2 unspecified atom stereocenters. The largest absolute Gasteiger partial charge is 0.466 e. The van der Waals surface area contributed by atoms with Crippen molar-refractivity contribution in [2.75, 3.05) is 24.7 Å². The van der Waals surface area contributed by atoms with Crippen LogP contribution in [0.3, 0.4) is 0 Å². The van der Waals surface area contributed by atoms with Crippen molar-refractivity contribution >= 4 is 35.1 Å². The minimum atomic E-state index is -1.16. The van der Waals surface area contributed by atoms with Gasteiger partial charge in [0, 0.05) is 17.3 Å². The summed E-state index contributed by atoms with van der Waals surface area (Å²) in [6.07, 6.45) is 2.16. The van der Waals surface area contributed by atoms with Gasteiger partial charge >= 0.3 is 5.97 Å². The summed E-state index contributed by atoms with van der Waals surface area (Å²) in [5.74, 6) is -2.89. The number of aliphatic hydroxyl groups excluding tert-OH is 1. The van der Waals surface area contributed by atoms with E-state index in [1.54, 1.807) is 42.2 Å². The third kappa shape index (κ3) is 4.05. The maximum atomic E-state index is 14.3. The highest BCUT2D eigenvalue weighted by atomic mass is 35.5. The molecular formula is C26H33ClN2O6. The summed E-state index contributed by atoms with van der Waals surface area (Å²) in [6, 6.07) is 5.24. The van der Waals surface area contributed by atoms with E-state index in [9.17, 15) is 19.5 Å². The number of carbonyl (C=O) groups is 3. The number of halogens is 1. The second-order valence-electron chi connectivity index (χ2n) is 9.76. The summed E-state index contributed by atoms with van der Waals surface area (Å²) in [5, 5.41) is 10.8. The Hall–Kier alpha value is -2.42. The topological polar surface area (TPSA) is 96.4 Å². The van der Waals surface area contributed by atoms with Crippen LogP contribution in [0.1, 0.15) is 33.6 Å². The molecule has 0 saturated carbocycles. The molecule has 0 aliphatic carbocycles. The molecule has 35 heavy (non-hydrogen) atoms. The predicted octanol–water partition coefficient (Wildman–Crippen LogP) is 2.81. The van der Waals surface area contributed by atoms with Gasteiger partial charge in [0.15, 0.2) is 0 Å². The van der Waals surface area contributed by atoms with Crippen LogP contribution in [0.4, 0.5) is 5.69 Å². The minimum Gasteiger partial charge on any atom is -0.466 e. The third-order valence-corrected chi connectivity index (χ3v) is 7.81. The number of nitrogens with zero attached hydrogens (tertiary/aromatic N) is 2. The van der Waals surface area contributed by atoms with Crippen LogP contribution in [-0.2, 0) is 23.9 Å². The molecular weight excluding hydrogens is 472 g/mol. The molecule has 2 bridgehead atoms. The van der Waals surface area contributed by atoms with Gasteiger partial charge in [0.1, 0.15) is 11.6 Å². The zero-order valence-electron chi connectivity index (χ0n) is 20.4. The monoisotopic (exact) mass is 504 g/mol. The minimum absolute atomic E-state index is 0.129. The first kappa shape index (κ1) is 25.7. The molecule has 3 aliphatic rings. The van der Waals surface area contributed by atoms with Gasteiger partial charge in [-0.3, -0.25) is 14.4 Å². The Kier molecular flexibility index (Phi) is 7.27. The molecule has 3 fully saturated rings. The second-order valence-corrected chi connectivity index (χ2v) is 10.2. The van der Waals surface area contributed by atoms with Gasteiger partial charge in [-0.1, -0.05) is 31.5 Å². The number of ether oxygens (including phenoxy) is 2. The Labute approximate surface area is 210 Å². The summed E-state index contributed by atoms with van der Waals surface area (Å²) < 4.78 is 11.7. The summed E-state index contributed by atoms with van der Waals surface area (Å²) >= 11 is 6.06. The van der Waals surface area contributed by atoms with E-state index in [1.807, 2.05) is 13.8 Å². The number of esters is 1. The lowest BCUT2D eigenvalue weighted by molar-refractivity contribution is -0.155. The molecule has 9 heteroatoms. The average molecular weight is 505 g/mol. The predicted molar refractivity (Wildman–Crippen MR) is 131 cm³/mol. The molecule has 1 N–H and O–H groups in total. The molecule has 0 radical (unpaired) electrons. The smallest absolute Gasteiger partial charge is 0.312 e. The van der Waals surface area contributed by atoms with Crippen LogP contribution in [0.2, 0.25) is 5.02 Å². The van der Waals surface area contributed by atoms with Crippen molar-refractivity contribution in [2.24, 2.45) is 17.8 Å². The number of fused-ring (bicyclic) bond motifs is 1. The van der Waals surface area contributed by atoms with Crippen LogP contribution in [0.15, 0.2) is 36.9 Å². The van der Waals surface area contributed by atoms with Gasteiger partial charge in [0.05, 0.1) is 37.2 Å². The normalized spacial score (nSPS) is 29.9. The SMILES string of the molecule is C=CCN(C(=O)C1N([C@@H](CO)C(C)C)C(=O)[C@@H]2[C@@H](C(=O)OCC)[C@H]3CCC12O3)c1ccc(Cl)cc1. The summed E-state index contributed by atoms with van der Waals surface area (Å²) in [5.41, 5.74) is -0.559. The number of hydrogen-bond acceptors (Lipinski definition) is 6. The molecule has 3 saturated heterocycles. The van der Waals surface area contributed by atoms with E-state index in [2.05, 4.69) is 6.58 Å². The number of carbonyl (C=O) groups excluding carboxylic acids is 3. The van der Waals surface area contributed by atoms with Gasteiger partial charge in [0.25, 0.3) is 5.91 Å². The van der Waals surface area contributed by atoms with E-state index >= 15 is 0 Å². The molecule has 3 heterocycles. The Bertz CT molecular complexity index is 998. The fourth-order valence-corrected chi connectivity index (χ4v) is 6.20. The van der Waals surface area contributed by atoms with Gasteiger partial charge in [-0.25, -0.2) is 0 Å². The highest BCUT2D eigenvalue weighted by Crippen LogP contribution is 2.59. The Morgan fingerprint density at radius 3 is 2.63 bits per heavy atom. The van der Waals surface area contributed by atoms with Gasteiger partial charge in [0.2, 0.25) is 5.91 Å². The van der Waals surface area contributed by atoms with Crippen molar-refractivity contribution in [1.29, 1.82) is 0 Å². The van der Waals surface area contributed by atoms with E-state index in [0.717, 1.165) is 0 Å². The standard InChI is InChI=1S/C26H33ClN2O6/c1-5-13-28(17-9-7-16(27)8-10-17)24(32)22-26-12-11-19(35-26)20(25(33)34-6-2)21(26)23(31)29(22)18(14-30)15(3)4/h5,7-10,15,18-22,30H,1,6,11-14H2,2-4H3/t18-,19+,20-,21-,22?,26?/m0/s1. The van der Waals surface area contributed by atoms with E-state index in [0.29, 0.717) is 23.6 Å². The van der Waals surface area contributed by atoms with Crippen LogP contribution in [-0.4, -0.2) is 71.3 Å². The number of amides is 2.